The predicted molar refractivity (Wildman–Crippen MR) is 98.9 cm³/mol. The van der Waals surface area contributed by atoms with Crippen LogP contribution in [0.3, 0.4) is 0 Å². The van der Waals surface area contributed by atoms with Crippen molar-refractivity contribution in [2.75, 3.05) is 6.61 Å². The van der Waals surface area contributed by atoms with Crippen molar-refractivity contribution in [2.24, 2.45) is 0 Å². The van der Waals surface area contributed by atoms with Crippen LogP contribution in [-0.4, -0.2) is 24.3 Å². The minimum Gasteiger partial charge on any atom is -0.456 e. The van der Waals surface area contributed by atoms with Crippen molar-refractivity contribution in [3.63, 3.8) is 0 Å². The molecule has 1 atom stereocenters. The van der Waals surface area contributed by atoms with Crippen molar-refractivity contribution in [1.29, 1.82) is 0 Å². The lowest BCUT2D eigenvalue weighted by Gasteiger charge is -2.14. The van der Waals surface area contributed by atoms with E-state index in [-0.39, 0.29) is 24.7 Å². The van der Waals surface area contributed by atoms with Crippen LogP contribution < -0.4 is 5.32 Å². The molecule has 0 saturated heterocycles. The molecule has 0 bridgehead atoms. The molecule has 27 heavy (non-hydrogen) atoms. The molecule has 0 aliphatic carbocycles. The number of halogens is 2. The molecule has 2 rings (SSSR count). The molecule has 142 valence electrons. The Morgan fingerprint density at radius 2 is 1.67 bits per heavy atom. The molecule has 0 spiro atoms. The van der Waals surface area contributed by atoms with Crippen molar-refractivity contribution < 1.29 is 23.5 Å². The van der Waals surface area contributed by atoms with Gasteiger partial charge in [-0.15, -0.1) is 0 Å². The summed E-state index contributed by atoms with van der Waals surface area (Å²) in [5.41, 5.74) is 1.18. The van der Waals surface area contributed by atoms with Crippen LogP contribution in [0.1, 0.15) is 41.7 Å². The summed E-state index contributed by atoms with van der Waals surface area (Å²) < 4.78 is 17.7. The number of hydrogen-bond acceptors (Lipinski definition) is 4. The zero-order valence-electron chi connectivity index (χ0n) is 14.7. The van der Waals surface area contributed by atoms with Crippen molar-refractivity contribution in [3.8, 4) is 0 Å². The summed E-state index contributed by atoms with van der Waals surface area (Å²) in [5.74, 6) is -1.84. The monoisotopic (exact) mass is 391 g/mol. The Kier molecular flexibility index (Phi) is 7.49. The maximum absolute atomic E-state index is 12.8. The average molecular weight is 392 g/mol. The summed E-state index contributed by atoms with van der Waals surface area (Å²) in [5, 5.41) is 3.30. The number of ketones is 1. The number of benzene rings is 2. The maximum Gasteiger partial charge on any atom is 0.306 e. The number of hydrogen-bond donors (Lipinski definition) is 1. The van der Waals surface area contributed by atoms with E-state index < -0.39 is 24.3 Å². The lowest BCUT2D eigenvalue weighted by molar-refractivity contribution is -0.148. The highest BCUT2D eigenvalue weighted by molar-refractivity contribution is 6.30. The zero-order chi connectivity index (χ0) is 19.8. The van der Waals surface area contributed by atoms with E-state index in [1.54, 1.807) is 31.2 Å². The third-order valence-electron chi connectivity index (χ3n) is 3.83. The first-order valence-electron chi connectivity index (χ1n) is 8.34. The highest BCUT2D eigenvalue weighted by Crippen LogP contribution is 2.16. The molecule has 7 heteroatoms. The first-order chi connectivity index (χ1) is 12.8. The fourth-order valence-corrected chi connectivity index (χ4v) is 2.46. The second-order valence-corrected chi connectivity index (χ2v) is 6.37. The molecule has 0 aliphatic rings. The van der Waals surface area contributed by atoms with E-state index in [0.717, 1.165) is 5.56 Å². The van der Waals surface area contributed by atoms with Gasteiger partial charge in [0.1, 0.15) is 5.82 Å². The number of amides is 1. The van der Waals surface area contributed by atoms with Crippen LogP contribution in [0.25, 0.3) is 0 Å². The number of ether oxygens (including phenoxy) is 1. The van der Waals surface area contributed by atoms with Gasteiger partial charge in [-0.3, -0.25) is 14.4 Å². The number of carbonyl (C=O) groups is 3. The van der Waals surface area contributed by atoms with Gasteiger partial charge in [-0.05, 0) is 48.9 Å². The van der Waals surface area contributed by atoms with Crippen LogP contribution in [0.15, 0.2) is 48.5 Å². The van der Waals surface area contributed by atoms with E-state index in [2.05, 4.69) is 5.32 Å². The van der Waals surface area contributed by atoms with Crippen LogP contribution >= 0.6 is 11.6 Å². The Labute approximate surface area is 161 Å². The van der Waals surface area contributed by atoms with E-state index in [9.17, 15) is 18.8 Å². The molecular formula is C20H19ClFNO4. The van der Waals surface area contributed by atoms with Gasteiger partial charge in [0.25, 0.3) is 5.91 Å². The Balaban J connectivity index is 1.71. The van der Waals surface area contributed by atoms with Gasteiger partial charge in [0.2, 0.25) is 0 Å². The van der Waals surface area contributed by atoms with Gasteiger partial charge in [-0.2, -0.15) is 0 Å². The molecule has 5 nitrogen and oxygen atoms in total. The molecule has 2 aromatic rings. The van der Waals surface area contributed by atoms with Crippen LogP contribution in [0.2, 0.25) is 5.02 Å². The van der Waals surface area contributed by atoms with Gasteiger partial charge in [0.05, 0.1) is 12.5 Å². The summed E-state index contributed by atoms with van der Waals surface area (Å²) >= 11 is 5.82. The number of rotatable bonds is 8. The molecule has 2 aromatic carbocycles. The van der Waals surface area contributed by atoms with Gasteiger partial charge in [-0.1, -0.05) is 23.7 Å². The number of Topliss-reactive ketones (excluding diaryl/α,β-unsaturated/α-hetero) is 1. The topological polar surface area (TPSA) is 72.5 Å². The average Bonchev–Trinajstić information content (AvgIpc) is 2.65. The van der Waals surface area contributed by atoms with Gasteiger partial charge in [0.15, 0.2) is 12.4 Å². The lowest BCUT2D eigenvalue weighted by atomic mass is 10.1. The highest BCUT2D eigenvalue weighted by Gasteiger charge is 2.14. The summed E-state index contributed by atoms with van der Waals surface area (Å²) in [4.78, 5) is 35.5. The predicted octanol–water partition coefficient (Wildman–Crippen LogP) is 3.86. The molecule has 0 radical (unpaired) electrons. The first kappa shape index (κ1) is 20.6. The standard InChI is InChI=1S/C20H19ClFNO4/c1-13(14-2-6-16(21)7-3-14)23-19(25)12-27-20(26)11-10-18(24)15-4-8-17(22)9-5-15/h2-9,13H,10-12H2,1H3,(H,23,25)/t13-/m0/s1. The zero-order valence-corrected chi connectivity index (χ0v) is 15.5. The van der Waals surface area contributed by atoms with Gasteiger partial charge < -0.3 is 10.1 Å². The molecule has 0 aromatic heterocycles. The van der Waals surface area contributed by atoms with Gasteiger partial charge in [-0.25, -0.2) is 4.39 Å². The number of esters is 1. The summed E-state index contributed by atoms with van der Waals surface area (Å²) in [6.07, 6.45) is -0.233. The maximum atomic E-state index is 12.8. The normalized spacial score (nSPS) is 11.5. The molecule has 0 unspecified atom stereocenters. The Morgan fingerprint density at radius 3 is 2.30 bits per heavy atom. The van der Waals surface area contributed by atoms with E-state index in [1.165, 1.54) is 24.3 Å². The smallest absolute Gasteiger partial charge is 0.306 e. The fraction of sp³-hybridized carbons (Fsp3) is 0.250. The quantitative estimate of drug-likeness (QED) is 0.547. The lowest BCUT2D eigenvalue weighted by Crippen LogP contribution is -2.31. The minimum absolute atomic E-state index is 0.0761. The third-order valence-corrected chi connectivity index (χ3v) is 4.09. The van der Waals surface area contributed by atoms with E-state index >= 15 is 0 Å². The molecule has 0 aliphatic heterocycles. The Bertz CT molecular complexity index is 806. The number of nitrogens with one attached hydrogen (secondary N) is 1. The third kappa shape index (κ3) is 6.83. The van der Waals surface area contributed by atoms with Crippen molar-refractivity contribution in [2.45, 2.75) is 25.8 Å². The SMILES string of the molecule is C[C@H](NC(=O)COC(=O)CCC(=O)c1ccc(F)cc1)c1ccc(Cl)cc1. The second-order valence-electron chi connectivity index (χ2n) is 5.93. The molecule has 0 heterocycles. The Morgan fingerprint density at radius 1 is 1.04 bits per heavy atom. The van der Waals surface area contributed by atoms with E-state index in [1.807, 2.05) is 0 Å². The molecule has 1 amide bonds. The van der Waals surface area contributed by atoms with Crippen LogP contribution in [0.4, 0.5) is 4.39 Å². The molecular weight excluding hydrogens is 373 g/mol. The van der Waals surface area contributed by atoms with E-state index in [0.29, 0.717) is 10.6 Å². The van der Waals surface area contributed by atoms with Crippen LogP contribution in [0.5, 0.6) is 0 Å². The molecule has 0 saturated carbocycles. The number of carbonyl (C=O) groups excluding carboxylic acids is 3. The van der Waals surface area contributed by atoms with E-state index in [4.69, 9.17) is 16.3 Å². The Hall–Kier alpha value is -2.73. The van der Waals surface area contributed by atoms with Crippen molar-refractivity contribution in [1.82, 2.24) is 5.32 Å². The fourth-order valence-electron chi connectivity index (χ4n) is 2.33. The summed E-state index contributed by atoms with van der Waals surface area (Å²) in [7, 11) is 0. The summed E-state index contributed by atoms with van der Waals surface area (Å²) in [6.45, 7) is 1.37. The first-order valence-corrected chi connectivity index (χ1v) is 8.72. The van der Waals surface area contributed by atoms with Crippen LogP contribution in [0, 0.1) is 5.82 Å². The largest absolute Gasteiger partial charge is 0.456 e. The highest BCUT2D eigenvalue weighted by atomic mass is 35.5. The second kappa shape index (κ2) is 9.83. The van der Waals surface area contributed by atoms with Gasteiger partial charge in [0, 0.05) is 17.0 Å². The van der Waals surface area contributed by atoms with Crippen molar-refractivity contribution >= 4 is 29.3 Å². The molecule has 0 fully saturated rings. The molecule has 1 N–H and O–H groups in total. The van der Waals surface area contributed by atoms with Gasteiger partial charge >= 0.3 is 5.97 Å². The van der Waals surface area contributed by atoms with Crippen molar-refractivity contribution in [3.05, 3.63) is 70.5 Å². The minimum atomic E-state index is -0.653. The van der Waals surface area contributed by atoms with Crippen LogP contribution in [-0.2, 0) is 14.3 Å². The summed E-state index contributed by atoms with van der Waals surface area (Å²) in [6, 6.07) is 11.8.